The molecule has 0 heterocycles. The average Bonchev–Trinajstić information content (AvgIpc) is 3.12. The van der Waals surface area contributed by atoms with E-state index in [4.69, 9.17) is 4.74 Å². The quantitative estimate of drug-likeness (QED) is 0.583. The standard InChI is InChI=1S/C28H29NO3/c1-28(2,3)19-15-13-18(14-16-19)17-24(27(31)32-4)29-26(30)25-22-11-7-5-9-20(22)21-10-6-8-12-23(21)25/h5-16,24-25H,17H2,1-4H3,(H,29,30)/t24-/m1/s1. The van der Waals surface area contributed by atoms with Gasteiger partial charge in [-0.2, -0.15) is 0 Å². The molecule has 0 bridgehead atoms. The first kappa shape index (κ1) is 21.8. The van der Waals surface area contributed by atoms with E-state index in [9.17, 15) is 9.59 Å². The van der Waals surface area contributed by atoms with Crippen molar-refractivity contribution < 1.29 is 14.3 Å². The average molecular weight is 428 g/mol. The fourth-order valence-corrected chi connectivity index (χ4v) is 4.41. The molecular weight excluding hydrogens is 398 g/mol. The van der Waals surface area contributed by atoms with Gasteiger partial charge in [-0.1, -0.05) is 93.6 Å². The third-order valence-electron chi connectivity index (χ3n) is 6.16. The number of ether oxygens (including phenoxy) is 1. The largest absolute Gasteiger partial charge is 0.467 e. The molecule has 1 aliphatic rings. The van der Waals surface area contributed by atoms with E-state index in [1.807, 2.05) is 60.7 Å². The van der Waals surface area contributed by atoms with E-state index in [0.29, 0.717) is 6.42 Å². The van der Waals surface area contributed by atoms with Crippen molar-refractivity contribution in [2.75, 3.05) is 7.11 Å². The van der Waals surface area contributed by atoms with Crippen LogP contribution in [0, 0.1) is 0 Å². The molecular formula is C28H29NO3. The predicted molar refractivity (Wildman–Crippen MR) is 127 cm³/mol. The highest BCUT2D eigenvalue weighted by atomic mass is 16.5. The molecule has 0 aromatic heterocycles. The van der Waals surface area contributed by atoms with Gasteiger partial charge in [-0.05, 0) is 38.8 Å². The molecule has 1 aliphatic carbocycles. The molecule has 1 amide bonds. The zero-order valence-electron chi connectivity index (χ0n) is 19.0. The maximum atomic E-state index is 13.5. The lowest BCUT2D eigenvalue weighted by Gasteiger charge is -2.22. The van der Waals surface area contributed by atoms with Crippen LogP contribution in [0.25, 0.3) is 11.1 Å². The number of methoxy groups -OCH3 is 1. The summed E-state index contributed by atoms with van der Waals surface area (Å²) in [7, 11) is 1.35. The van der Waals surface area contributed by atoms with Crippen LogP contribution < -0.4 is 5.32 Å². The molecule has 4 nitrogen and oxygen atoms in total. The van der Waals surface area contributed by atoms with Gasteiger partial charge in [0.1, 0.15) is 6.04 Å². The molecule has 4 heteroatoms. The molecule has 4 rings (SSSR count). The van der Waals surface area contributed by atoms with E-state index in [1.54, 1.807) is 0 Å². The highest BCUT2D eigenvalue weighted by Gasteiger charge is 2.35. The summed E-state index contributed by atoms with van der Waals surface area (Å²) in [6.07, 6.45) is 0.374. The number of rotatable bonds is 5. The van der Waals surface area contributed by atoms with Gasteiger partial charge < -0.3 is 10.1 Å². The van der Waals surface area contributed by atoms with Crippen LogP contribution in [-0.2, 0) is 26.2 Å². The molecule has 164 valence electrons. The lowest BCUT2D eigenvalue weighted by Crippen LogP contribution is -2.45. The van der Waals surface area contributed by atoms with Crippen LogP contribution in [0.1, 0.15) is 48.9 Å². The Kier molecular flexibility index (Phi) is 5.88. The molecule has 3 aromatic carbocycles. The molecule has 1 atom stereocenters. The Morgan fingerprint density at radius 3 is 1.91 bits per heavy atom. The van der Waals surface area contributed by atoms with Gasteiger partial charge in [0.2, 0.25) is 5.91 Å². The third-order valence-corrected chi connectivity index (χ3v) is 6.16. The second kappa shape index (κ2) is 8.62. The number of nitrogens with one attached hydrogen (secondary N) is 1. The van der Waals surface area contributed by atoms with E-state index < -0.39 is 17.9 Å². The van der Waals surface area contributed by atoms with Gasteiger partial charge in [0.05, 0.1) is 13.0 Å². The van der Waals surface area contributed by atoms with Crippen LogP contribution in [0.15, 0.2) is 72.8 Å². The van der Waals surface area contributed by atoms with Crippen molar-refractivity contribution >= 4 is 11.9 Å². The fourth-order valence-electron chi connectivity index (χ4n) is 4.41. The smallest absolute Gasteiger partial charge is 0.328 e. The number of hydrogen-bond donors (Lipinski definition) is 1. The molecule has 0 saturated heterocycles. The number of esters is 1. The first-order chi connectivity index (χ1) is 15.3. The van der Waals surface area contributed by atoms with Crippen molar-refractivity contribution in [2.24, 2.45) is 0 Å². The summed E-state index contributed by atoms with van der Waals surface area (Å²) in [4.78, 5) is 26.0. The van der Waals surface area contributed by atoms with Crippen molar-refractivity contribution in [3.8, 4) is 11.1 Å². The van der Waals surface area contributed by atoms with Gasteiger partial charge >= 0.3 is 5.97 Å². The minimum atomic E-state index is -0.757. The number of amides is 1. The zero-order chi connectivity index (χ0) is 22.9. The lowest BCUT2D eigenvalue weighted by molar-refractivity contribution is -0.145. The molecule has 0 fully saturated rings. The normalized spacial score (nSPS) is 13.8. The van der Waals surface area contributed by atoms with Crippen molar-refractivity contribution in [3.63, 3.8) is 0 Å². The Bertz CT molecular complexity index is 1100. The van der Waals surface area contributed by atoms with Gasteiger partial charge in [-0.25, -0.2) is 4.79 Å². The highest BCUT2D eigenvalue weighted by molar-refractivity contribution is 5.97. The first-order valence-corrected chi connectivity index (χ1v) is 11.0. The summed E-state index contributed by atoms with van der Waals surface area (Å²) < 4.78 is 5.01. The van der Waals surface area contributed by atoms with E-state index in [1.165, 1.54) is 12.7 Å². The minimum Gasteiger partial charge on any atom is -0.467 e. The van der Waals surface area contributed by atoms with Crippen molar-refractivity contribution in [1.82, 2.24) is 5.32 Å². The number of carbonyl (C=O) groups excluding carboxylic acids is 2. The molecule has 0 spiro atoms. The van der Waals surface area contributed by atoms with Crippen molar-refractivity contribution in [1.29, 1.82) is 0 Å². The molecule has 32 heavy (non-hydrogen) atoms. The van der Waals surface area contributed by atoms with E-state index in [-0.39, 0.29) is 11.3 Å². The van der Waals surface area contributed by atoms with Crippen LogP contribution in [0.5, 0.6) is 0 Å². The monoisotopic (exact) mass is 427 g/mol. The summed E-state index contributed by atoms with van der Waals surface area (Å²) >= 11 is 0. The van der Waals surface area contributed by atoms with Crippen LogP contribution in [0.3, 0.4) is 0 Å². The van der Waals surface area contributed by atoms with Gasteiger partial charge in [-0.15, -0.1) is 0 Å². The Balaban J connectivity index is 1.59. The van der Waals surface area contributed by atoms with Gasteiger partial charge in [0.15, 0.2) is 0 Å². The highest BCUT2D eigenvalue weighted by Crippen LogP contribution is 2.44. The number of hydrogen-bond acceptors (Lipinski definition) is 3. The minimum absolute atomic E-state index is 0.0533. The number of fused-ring (bicyclic) bond motifs is 3. The lowest BCUT2D eigenvalue weighted by atomic mass is 9.86. The summed E-state index contributed by atoms with van der Waals surface area (Å²) in [5.74, 6) is -1.08. The van der Waals surface area contributed by atoms with Gasteiger partial charge in [-0.3, -0.25) is 4.79 Å². The van der Waals surface area contributed by atoms with E-state index in [2.05, 4.69) is 38.2 Å². The molecule has 3 aromatic rings. The van der Waals surface area contributed by atoms with Crippen LogP contribution in [0.2, 0.25) is 0 Å². The maximum absolute atomic E-state index is 13.5. The first-order valence-electron chi connectivity index (χ1n) is 11.0. The fraction of sp³-hybridized carbons (Fsp3) is 0.286. The molecule has 0 aliphatic heterocycles. The summed E-state index contributed by atoms with van der Waals surface area (Å²) in [6, 6.07) is 23.3. The molecule has 0 radical (unpaired) electrons. The van der Waals surface area contributed by atoms with Crippen LogP contribution in [0.4, 0.5) is 0 Å². The second-order valence-electron chi connectivity index (χ2n) is 9.34. The van der Waals surface area contributed by atoms with Gasteiger partial charge in [0.25, 0.3) is 0 Å². The predicted octanol–water partition coefficient (Wildman–Crippen LogP) is 5.00. The summed E-state index contributed by atoms with van der Waals surface area (Å²) in [5.41, 5.74) is 6.30. The Hall–Kier alpha value is -3.40. The van der Waals surface area contributed by atoms with Crippen molar-refractivity contribution in [3.05, 3.63) is 95.1 Å². The SMILES string of the molecule is COC(=O)[C@@H](Cc1ccc(C(C)(C)C)cc1)NC(=O)C1c2ccccc2-c2ccccc21. The maximum Gasteiger partial charge on any atom is 0.328 e. The number of benzene rings is 3. The molecule has 0 saturated carbocycles. The zero-order valence-corrected chi connectivity index (χ0v) is 19.0. The van der Waals surface area contributed by atoms with Crippen LogP contribution >= 0.6 is 0 Å². The summed E-state index contributed by atoms with van der Waals surface area (Å²) in [5, 5.41) is 2.97. The number of carbonyl (C=O) groups is 2. The van der Waals surface area contributed by atoms with Crippen LogP contribution in [-0.4, -0.2) is 25.0 Å². The molecule has 0 unspecified atom stereocenters. The Morgan fingerprint density at radius 1 is 0.875 bits per heavy atom. The van der Waals surface area contributed by atoms with Gasteiger partial charge in [0, 0.05) is 6.42 Å². The van der Waals surface area contributed by atoms with E-state index >= 15 is 0 Å². The second-order valence-corrected chi connectivity index (χ2v) is 9.34. The topological polar surface area (TPSA) is 55.4 Å². The molecule has 1 N–H and O–H groups in total. The van der Waals surface area contributed by atoms with Crippen molar-refractivity contribution in [2.45, 2.75) is 44.6 Å². The van der Waals surface area contributed by atoms with E-state index in [0.717, 1.165) is 27.8 Å². The Morgan fingerprint density at radius 2 is 1.41 bits per heavy atom. The third kappa shape index (κ3) is 4.18. The Labute approximate surface area is 189 Å². The summed E-state index contributed by atoms with van der Waals surface area (Å²) in [6.45, 7) is 6.49.